The zero-order valence-electron chi connectivity index (χ0n) is 19.4. The van der Waals surface area contributed by atoms with E-state index in [-0.39, 0.29) is 5.91 Å². The lowest BCUT2D eigenvalue weighted by Gasteiger charge is -2.17. The Labute approximate surface area is 190 Å². The minimum absolute atomic E-state index is 0.242. The average molecular weight is 439 g/mol. The van der Waals surface area contributed by atoms with Crippen LogP contribution in [0.2, 0.25) is 0 Å². The van der Waals surface area contributed by atoms with E-state index in [2.05, 4.69) is 29.5 Å². The third-order valence-electron chi connectivity index (χ3n) is 5.70. The number of rotatable bonds is 11. The van der Waals surface area contributed by atoms with E-state index in [0.717, 1.165) is 42.6 Å². The summed E-state index contributed by atoms with van der Waals surface area (Å²) in [5, 5.41) is 6.98. The summed E-state index contributed by atoms with van der Waals surface area (Å²) in [6, 6.07) is 12.0. The summed E-state index contributed by atoms with van der Waals surface area (Å²) >= 11 is 0. The van der Waals surface area contributed by atoms with Crippen LogP contribution >= 0.6 is 0 Å². The van der Waals surface area contributed by atoms with Gasteiger partial charge < -0.3 is 19.6 Å². The van der Waals surface area contributed by atoms with Crippen LogP contribution in [-0.4, -0.2) is 39.0 Å². The number of unbranched alkanes of at least 4 members (excludes halogenated alkanes) is 1. The Morgan fingerprint density at radius 3 is 2.59 bits per heavy atom. The smallest absolute Gasteiger partial charge is 0.273 e. The summed E-state index contributed by atoms with van der Waals surface area (Å²) in [5.74, 6) is 1.21. The first-order valence-electron chi connectivity index (χ1n) is 11.5. The van der Waals surface area contributed by atoms with Crippen molar-refractivity contribution in [2.75, 3.05) is 27.4 Å². The summed E-state index contributed by atoms with van der Waals surface area (Å²) in [6.07, 6.45) is 7.32. The second-order valence-corrected chi connectivity index (χ2v) is 8.01. The largest absolute Gasteiger partial charge is 0.493 e. The van der Waals surface area contributed by atoms with Crippen molar-refractivity contribution in [3.63, 3.8) is 0 Å². The lowest BCUT2D eigenvalue weighted by Crippen LogP contribution is -2.33. The Bertz CT molecular complexity index is 939. The van der Waals surface area contributed by atoms with Crippen molar-refractivity contribution in [2.45, 2.75) is 51.9 Å². The van der Waals surface area contributed by atoms with Gasteiger partial charge in [-0.05, 0) is 73.4 Å². The third kappa shape index (κ3) is 6.25. The summed E-state index contributed by atoms with van der Waals surface area (Å²) in [7, 11) is 3.10. The highest BCUT2D eigenvalue weighted by Crippen LogP contribution is 2.28. The van der Waals surface area contributed by atoms with Gasteiger partial charge in [0.25, 0.3) is 5.91 Å². The number of carbonyl (C=O) groups excluding carboxylic acids is 1. The summed E-state index contributed by atoms with van der Waals surface area (Å²) < 4.78 is 11.3. The van der Waals surface area contributed by atoms with Crippen molar-refractivity contribution < 1.29 is 19.1 Å². The molecule has 6 heteroatoms. The minimum atomic E-state index is -0.242. The number of benzene rings is 2. The van der Waals surface area contributed by atoms with E-state index >= 15 is 0 Å². The second kappa shape index (κ2) is 12.1. The van der Waals surface area contributed by atoms with Gasteiger partial charge in [0.05, 0.1) is 13.7 Å². The van der Waals surface area contributed by atoms with Crippen molar-refractivity contribution in [3.8, 4) is 11.5 Å². The number of ether oxygens (including phenoxy) is 2. The molecule has 1 aliphatic rings. The van der Waals surface area contributed by atoms with E-state index in [0.29, 0.717) is 31.0 Å². The number of hydrogen-bond acceptors (Lipinski definition) is 5. The van der Waals surface area contributed by atoms with E-state index in [1.54, 1.807) is 7.11 Å². The van der Waals surface area contributed by atoms with Gasteiger partial charge in [-0.3, -0.25) is 4.79 Å². The standard InChI is InChI=1S/C26H34N2O4/c1-4-5-16-32-23-13-10-19(17-24(23)30-2)14-15-27-26(29)25(28-31-3)22-12-11-20-8-6-7-9-21(20)18-22/h10-13,17-18H,4-9,14-16H2,1-3H3,(H,27,29)/b28-25-. The molecule has 1 N–H and O–H groups in total. The topological polar surface area (TPSA) is 69.2 Å². The number of amides is 1. The maximum absolute atomic E-state index is 12.8. The fourth-order valence-corrected chi connectivity index (χ4v) is 3.91. The predicted octanol–water partition coefficient (Wildman–Crippen LogP) is 4.46. The van der Waals surface area contributed by atoms with E-state index < -0.39 is 0 Å². The van der Waals surface area contributed by atoms with Gasteiger partial charge in [-0.1, -0.05) is 36.7 Å². The van der Waals surface area contributed by atoms with Crippen molar-refractivity contribution >= 4 is 11.6 Å². The van der Waals surface area contributed by atoms with Gasteiger partial charge in [-0.2, -0.15) is 0 Å². The molecule has 0 unspecified atom stereocenters. The van der Waals surface area contributed by atoms with Gasteiger partial charge in [0, 0.05) is 12.1 Å². The molecule has 32 heavy (non-hydrogen) atoms. The molecule has 0 atom stereocenters. The molecule has 3 rings (SSSR count). The summed E-state index contributed by atoms with van der Waals surface area (Å²) in [5.41, 5.74) is 4.83. The van der Waals surface area contributed by atoms with Crippen molar-refractivity contribution in [1.82, 2.24) is 5.32 Å². The molecule has 0 fully saturated rings. The zero-order valence-corrected chi connectivity index (χ0v) is 19.4. The zero-order chi connectivity index (χ0) is 22.8. The first-order valence-corrected chi connectivity index (χ1v) is 11.5. The molecular formula is C26H34N2O4. The Balaban J connectivity index is 1.60. The lowest BCUT2D eigenvalue weighted by atomic mass is 9.89. The lowest BCUT2D eigenvalue weighted by molar-refractivity contribution is -0.114. The molecule has 0 spiro atoms. The molecule has 0 aliphatic heterocycles. The molecule has 6 nitrogen and oxygen atoms in total. The molecule has 2 aromatic rings. The van der Waals surface area contributed by atoms with Crippen molar-refractivity contribution in [3.05, 3.63) is 58.7 Å². The molecule has 0 saturated heterocycles. The maximum atomic E-state index is 12.8. The molecule has 0 saturated carbocycles. The number of hydrogen-bond donors (Lipinski definition) is 1. The molecule has 0 heterocycles. The van der Waals surface area contributed by atoms with Crippen LogP contribution in [0.1, 0.15) is 54.9 Å². The Morgan fingerprint density at radius 1 is 1.03 bits per heavy atom. The average Bonchev–Trinajstić information content (AvgIpc) is 2.83. The number of methoxy groups -OCH3 is 1. The van der Waals surface area contributed by atoms with Gasteiger partial charge >= 0.3 is 0 Å². The highest BCUT2D eigenvalue weighted by atomic mass is 16.6. The molecule has 1 aliphatic carbocycles. The van der Waals surface area contributed by atoms with Crippen molar-refractivity contribution in [2.24, 2.45) is 5.16 Å². The van der Waals surface area contributed by atoms with Crippen LogP contribution in [0.25, 0.3) is 0 Å². The Morgan fingerprint density at radius 2 is 1.84 bits per heavy atom. The van der Waals surface area contributed by atoms with E-state index in [4.69, 9.17) is 14.3 Å². The molecule has 2 aromatic carbocycles. The van der Waals surface area contributed by atoms with Gasteiger partial charge in [0.2, 0.25) is 0 Å². The van der Waals surface area contributed by atoms with Crippen LogP contribution in [0.4, 0.5) is 0 Å². The minimum Gasteiger partial charge on any atom is -0.493 e. The van der Waals surface area contributed by atoms with Crippen LogP contribution < -0.4 is 14.8 Å². The van der Waals surface area contributed by atoms with Crippen LogP contribution in [0.5, 0.6) is 11.5 Å². The SMILES string of the molecule is CCCCOc1ccc(CCNC(=O)/C(=N\OC)c2ccc3c(c2)CCCC3)cc1OC. The number of nitrogens with zero attached hydrogens (tertiary/aromatic N) is 1. The molecular weight excluding hydrogens is 404 g/mol. The second-order valence-electron chi connectivity index (χ2n) is 8.01. The first-order chi connectivity index (χ1) is 15.7. The Kier molecular flexibility index (Phi) is 8.96. The van der Waals surface area contributed by atoms with E-state index in [9.17, 15) is 4.79 Å². The molecule has 1 amide bonds. The van der Waals surface area contributed by atoms with Crippen LogP contribution in [0.3, 0.4) is 0 Å². The monoisotopic (exact) mass is 438 g/mol. The Hall–Kier alpha value is -3.02. The van der Waals surface area contributed by atoms with Crippen LogP contribution in [0.15, 0.2) is 41.6 Å². The first kappa shape index (κ1) is 23.6. The molecule has 0 aromatic heterocycles. The molecule has 0 radical (unpaired) electrons. The number of fused-ring (bicyclic) bond motifs is 1. The fourth-order valence-electron chi connectivity index (χ4n) is 3.91. The molecule has 172 valence electrons. The van der Waals surface area contributed by atoms with Crippen LogP contribution in [0, 0.1) is 0 Å². The maximum Gasteiger partial charge on any atom is 0.273 e. The van der Waals surface area contributed by atoms with E-state index in [1.165, 1.54) is 31.1 Å². The summed E-state index contributed by atoms with van der Waals surface area (Å²) in [4.78, 5) is 17.8. The molecule has 0 bridgehead atoms. The fraction of sp³-hybridized carbons (Fsp3) is 0.462. The van der Waals surface area contributed by atoms with Gasteiger partial charge in [-0.15, -0.1) is 0 Å². The van der Waals surface area contributed by atoms with Crippen LogP contribution in [-0.2, 0) is 28.9 Å². The van der Waals surface area contributed by atoms with Gasteiger partial charge in [-0.25, -0.2) is 0 Å². The highest BCUT2D eigenvalue weighted by molar-refractivity contribution is 6.45. The van der Waals surface area contributed by atoms with Gasteiger partial charge in [0.1, 0.15) is 7.11 Å². The predicted molar refractivity (Wildman–Crippen MR) is 127 cm³/mol. The normalized spacial score (nSPS) is 13.3. The number of nitrogens with one attached hydrogen (secondary N) is 1. The number of oxime groups is 1. The number of aryl methyl sites for hydroxylation is 2. The quantitative estimate of drug-likeness (QED) is 0.319. The highest BCUT2D eigenvalue weighted by Gasteiger charge is 2.18. The summed E-state index contributed by atoms with van der Waals surface area (Å²) in [6.45, 7) is 3.28. The third-order valence-corrected chi connectivity index (χ3v) is 5.70. The van der Waals surface area contributed by atoms with Gasteiger partial charge in [0.15, 0.2) is 17.2 Å². The van der Waals surface area contributed by atoms with E-state index in [1.807, 2.05) is 24.3 Å². The van der Waals surface area contributed by atoms with Crippen molar-refractivity contribution in [1.29, 1.82) is 0 Å². The number of carbonyl (C=O) groups is 1.